The van der Waals surface area contributed by atoms with Crippen LogP contribution in [-0.2, 0) is 10.4 Å². The molecule has 2 aliphatic heterocycles. The van der Waals surface area contributed by atoms with Gasteiger partial charge in [0.1, 0.15) is 5.60 Å². The summed E-state index contributed by atoms with van der Waals surface area (Å²) in [6.07, 6.45) is 7.93. The normalized spacial score (nSPS) is 29.6. The Morgan fingerprint density at radius 1 is 1.07 bits per heavy atom. The van der Waals surface area contributed by atoms with E-state index in [0.717, 1.165) is 19.5 Å². The van der Waals surface area contributed by atoms with Crippen LogP contribution in [0.4, 0.5) is 0 Å². The van der Waals surface area contributed by atoms with Crippen molar-refractivity contribution in [3.05, 3.63) is 30.1 Å². The zero-order valence-corrected chi connectivity index (χ0v) is 16.0. The largest absolute Gasteiger partial charge is 0.383 e. The summed E-state index contributed by atoms with van der Waals surface area (Å²) in [7, 11) is 0. The minimum absolute atomic E-state index is 0.0915. The minimum atomic E-state index is -1.28. The number of rotatable bonds is 5. The molecule has 2 N–H and O–H groups in total. The van der Waals surface area contributed by atoms with E-state index in [1.807, 2.05) is 23.1 Å². The molecule has 1 amide bonds. The van der Waals surface area contributed by atoms with E-state index in [1.54, 1.807) is 6.20 Å². The van der Waals surface area contributed by atoms with Crippen LogP contribution in [0.1, 0.15) is 50.6 Å². The van der Waals surface area contributed by atoms with Crippen molar-refractivity contribution in [3.63, 3.8) is 0 Å². The standard InChI is InChI=1S/C21H31N3O3/c25-19-21(27,8-4-12-24(19)15-17-5-3-6-17)16-23-13-9-20(26,10-14-23)18-7-1-2-11-22-18/h1-2,7,11,17,26-27H,3-6,8-10,12-16H2. The van der Waals surface area contributed by atoms with E-state index < -0.39 is 11.2 Å². The van der Waals surface area contributed by atoms with E-state index in [0.29, 0.717) is 50.5 Å². The molecule has 0 bridgehead atoms. The van der Waals surface area contributed by atoms with Crippen LogP contribution in [0.3, 0.4) is 0 Å². The second-order valence-corrected chi connectivity index (χ2v) is 8.71. The molecule has 3 aliphatic rings. The Hall–Kier alpha value is -1.50. The molecule has 27 heavy (non-hydrogen) atoms. The van der Waals surface area contributed by atoms with Crippen LogP contribution in [0.5, 0.6) is 0 Å². The molecule has 1 aliphatic carbocycles. The van der Waals surface area contributed by atoms with Crippen molar-refractivity contribution in [1.82, 2.24) is 14.8 Å². The molecule has 2 saturated heterocycles. The predicted molar refractivity (Wildman–Crippen MR) is 102 cm³/mol. The fraction of sp³-hybridized carbons (Fsp3) is 0.714. The van der Waals surface area contributed by atoms with Crippen molar-refractivity contribution in [2.45, 2.75) is 56.1 Å². The smallest absolute Gasteiger partial charge is 0.255 e. The van der Waals surface area contributed by atoms with Crippen LogP contribution in [-0.4, -0.2) is 69.2 Å². The second-order valence-electron chi connectivity index (χ2n) is 8.71. The average Bonchev–Trinajstić information content (AvgIpc) is 2.64. The van der Waals surface area contributed by atoms with Crippen LogP contribution >= 0.6 is 0 Å². The summed E-state index contributed by atoms with van der Waals surface area (Å²) in [4.78, 5) is 21.3. The number of carbonyl (C=O) groups excluding carboxylic acids is 1. The number of carbonyl (C=O) groups is 1. The predicted octanol–water partition coefficient (Wildman–Crippen LogP) is 1.52. The molecule has 3 fully saturated rings. The van der Waals surface area contributed by atoms with Gasteiger partial charge in [0.15, 0.2) is 5.60 Å². The number of piperidine rings is 2. The van der Waals surface area contributed by atoms with E-state index in [9.17, 15) is 15.0 Å². The lowest BCUT2D eigenvalue weighted by atomic mass is 9.83. The molecule has 4 rings (SSSR count). The van der Waals surface area contributed by atoms with Crippen molar-refractivity contribution in [2.75, 3.05) is 32.7 Å². The van der Waals surface area contributed by atoms with Gasteiger partial charge in [-0.15, -0.1) is 0 Å². The maximum absolute atomic E-state index is 12.9. The minimum Gasteiger partial charge on any atom is -0.383 e. The Bertz CT molecular complexity index is 656. The summed E-state index contributed by atoms with van der Waals surface area (Å²) < 4.78 is 0. The summed E-state index contributed by atoms with van der Waals surface area (Å²) in [5.41, 5.74) is -1.47. The van der Waals surface area contributed by atoms with Gasteiger partial charge < -0.3 is 15.1 Å². The van der Waals surface area contributed by atoms with Crippen LogP contribution in [0.2, 0.25) is 0 Å². The van der Waals surface area contributed by atoms with E-state index in [2.05, 4.69) is 9.88 Å². The monoisotopic (exact) mass is 373 g/mol. The van der Waals surface area contributed by atoms with Crippen molar-refractivity contribution >= 4 is 5.91 Å². The van der Waals surface area contributed by atoms with Crippen LogP contribution in [0, 0.1) is 5.92 Å². The number of nitrogens with zero attached hydrogens (tertiary/aromatic N) is 3. The molecule has 0 aromatic carbocycles. The molecule has 0 radical (unpaired) electrons. The van der Waals surface area contributed by atoms with Gasteiger partial charge in [0.05, 0.1) is 5.69 Å². The van der Waals surface area contributed by atoms with E-state index in [4.69, 9.17) is 0 Å². The van der Waals surface area contributed by atoms with Gasteiger partial charge in [0, 0.05) is 38.9 Å². The molecule has 1 unspecified atom stereocenters. The topological polar surface area (TPSA) is 76.9 Å². The number of β-amino-alcohol motifs (C(OH)–C–C–N with tert-alkyl or cyclic N) is 1. The van der Waals surface area contributed by atoms with Gasteiger partial charge in [-0.1, -0.05) is 12.5 Å². The van der Waals surface area contributed by atoms with Gasteiger partial charge in [0.2, 0.25) is 0 Å². The number of hydrogen-bond acceptors (Lipinski definition) is 5. The van der Waals surface area contributed by atoms with Crippen molar-refractivity contribution in [2.24, 2.45) is 5.92 Å². The second kappa shape index (κ2) is 7.49. The first-order chi connectivity index (χ1) is 13.0. The summed E-state index contributed by atoms with van der Waals surface area (Å²) in [6.45, 7) is 3.26. The van der Waals surface area contributed by atoms with E-state index >= 15 is 0 Å². The third-order valence-electron chi connectivity index (χ3n) is 6.72. The van der Waals surface area contributed by atoms with Gasteiger partial charge in [-0.25, -0.2) is 0 Å². The summed E-state index contributed by atoms with van der Waals surface area (Å²) in [5, 5.41) is 22.0. The maximum Gasteiger partial charge on any atom is 0.255 e. The Balaban J connectivity index is 1.35. The average molecular weight is 373 g/mol. The zero-order chi connectivity index (χ0) is 18.9. The molecule has 6 nitrogen and oxygen atoms in total. The lowest BCUT2D eigenvalue weighted by Crippen LogP contribution is -2.60. The lowest BCUT2D eigenvalue weighted by molar-refractivity contribution is -0.162. The molecular weight excluding hydrogens is 342 g/mol. The highest BCUT2D eigenvalue weighted by Gasteiger charge is 2.45. The fourth-order valence-corrected chi connectivity index (χ4v) is 4.72. The highest BCUT2D eigenvalue weighted by molar-refractivity contribution is 5.86. The third kappa shape index (κ3) is 3.89. The Morgan fingerprint density at radius 2 is 1.85 bits per heavy atom. The highest BCUT2D eigenvalue weighted by atomic mass is 16.3. The van der Waals surface area contributed by atoms with Gasteiger partial charge >= 0.3 is 0 Å². The van der Waals surface area contributed by atoms with Gasteiger partial charge in [0.25, 0.3) is 5.91 Å². The highest BCUT2D eigenvalue weighted by Crippen LogP contribution is 2.34. The maximum atomic E-state index is 12.9. The molecule has 3 heterocycles. The molecule has 1 aromatic rings. The Labute approximate surface area is 161 Å². The first kappa shape index (κ1) is 18.8. The molecule has 1 aromatic heterocycles. The molecule has 0 spiro atoms. The number of hydrogen-bond donors (Lipinski definition) is 2. The van der Waals surface area contributed by atoms with Crippen molar-refractivity contribution in [1.29, 1.82) is 0 Å². The molecular formula is C21H31N3O3. The van der Waals surface area contributed by atoms with Gasteiger partial charge in [-0.2, -0.15) is 0 Å². The number of aromatic nitrogens is 1. The van der Waals surface area contributed by atoms with Crippen LogP contribution < -0.4 is 0 Å². The molecule has 1 saturated carbocycles. The Morgan fingerprint density at radius 3 is 2.48 bits per heavy atom. The summed E-state index contributed by atoms with van der Waals surface area (Å²) >= 11 is 0. The third-order valence-corrected chi connectivity index (χ3v) is 6.72. The first-order valence-electron chi connectivity index (χ1n) is 10.4. The summed E-state index contributed by atoms with van der Waals surface area (Å²) in [5.74, 6) is 0.533. The molecule has 148 valence electrons. The number of amides is 1. The number of likely N-dealkylation sites (tertiary alicyclic amines) is 2. The Kier molecular flexibility index (Phi) is 5.23. The quantitative estimate of drug-likeness (QED) is 0.818. The van der Waals surface area contributed by atoms with Crippen LogP contribution in [0.15, 0.2) is 24.4 Å². The van der Waals surface area contributed by atoms with E-state index in [-0.39, 0.29) is 5.91 Å². The SMILES string of the molecule is O=C1N(CC2CCC2)CCCC1(O)CN1CCC(O)(c2ccccn2)CC1. The first-order valence-corrected chi connectivity index (χ1v) is 10.4. The van der Waals surface area contributed by atoms with Gasteiger partial charge in [-0.3, -0.25) is 14.7 Å². The fourth-order valence-electron chi connectivity index (χ4n) is 4.72. The number of pyridine rings is 1. The number of aliphatic hydroxyl groups is 2. The van der Waals surface area contributed by atoms with Crippen LogP contribution in [0.25, 0.3) is 0 Å². The van der Waals surface area contributed by atoms with Crippen molar-refractivity contribution in [3.8, 4) is 0 Å². The van der Waals surface area contributed by atoms with Gasteiger partial charge in [-0.05, 0) is 56.6 Å². The molecule has 1 atom stereocenters. The summed E-state index contributed by atoms with van der Waals surface area (Å²) in [6, 6.07) is 5.61. The van der Waals surface area contributed by atoms with Crippen molar-refractivity contribution < 1.29 is 15.0 Å². The van der Waals surface area contributed by atoms with E-state index in [1.165, 1.54) is 19.3 Å². The molecule has 6 heteroatoms. The lowest BCUT2D eigenvalue weighted by Gasteiger charge is -2.45. The zero-order valence-electron chi connectivity index (χ0n) is 16.0.